The maximum Gasteiger partial charge on any atom is 0.238 e. The minimum absolute atomic E-state index is 0.000273. The Balaban J connectivity index is 1.75. The van der Waals surface area contributed by atoms with E-state index in [1.54, 1.807) is 38.5 Å². The van der Waals surface area contributed by atoms with Crippen molar-refractivity contribution >= 4 is 17.4 Å². The fraction of sp³-hybridized carbons (Fsp3) is 0.300. The van der Waals surface area contributed by atoms with Gasteiger partial charge in [0, 0.05) is 11.3 Å². The molecule has 0 aliphatic rings. The number of methoxy groups -OCH3 is 2. The van der Waals surface area contributed by atoms with Crippen molar-refractivity contribution in [3.63, 3.8) is 0 Å². The summed E-state index contributed by atoms with van der Waals surface area (Å²) in [4.78, 5) is 23.2. The highest BCUT2D eigenvalue weighted by molar-refractivity contribution is 5.96. The molecule has 0 spiro atoms. The van der Waals surface area contributed by atoms with Gasteiger partial charge in [-0.05, 0) is 61.9 Å². The lowest BCUT2D eigenvalue weighted by molar-refractivity contribution is -0.115. The fourth-order valence-electron chi connectivity index (χ4n) is 2.46. The number of amides is 1. The molecule has 6 heteroatoms. The molecule has 0 heterocycles. The van der Waals surface area contributed by atoms with Crippen LogP contribution in [0.1, 0.15) is 22.8 Å². The Morgan fingerprint density at radius 1 is 0.962 bits per heavy atom. The van der Waals surface area contributed by atoms with Crippen LogP contribution in [0.4, 0.5) is 5.69 Å². The van der Waals surface area contributed by atoms with E-state index in [-0.39, 0.29) is 18.2 Å². The van der Waals surface area contributed by atoms with E-state index in [0.717, 1.165) is 12.0 Å². The van der Waals surface area contributed by atoms with Gasteiger partial charge in [0.1, 0.15) is 0 Å². The molecule has 2 N–H and O–H groups in total. The van der Waals surface area contributed by atoms with E-state index in [1.807, 2.05) is 18.2 Å². The van der Waals surface area contributed by atoms with E-state index in [4.69, 9.17) is 9.47 Å². The minimum atomic E-state index is -0.132. The number of ether oxygens (including phenoxy) is 2. The lowest BCUT2D eigenvalue weighted by Gasteiger charge is -2.10. The van der Waals surface area contributed by atoms with Crippen LogP contribution in [0.3, 0.4) is 0 Å². The van der Waals surface area contributed by atoms with Crippen molar-refractivity contribution in [3.8, 4) is 11.5 Å². The van der Waals surface area contributed by atoms with Crippen LogP contribution >= 0.6 is 0 Å². The summed E-state index contributed by atoms with van der Waals surface area (Å²) in [6.45, 7) is 2.38. The zero-order chi connectivity index (χ0) is 18.9. The van der Waals surface area contributed by atoms with Crippen LogP contribution in [0, 0.1) is 0 Å². The Morgan fingerprint density at radius 2 is 1.65 bits per heavy atom. The van der Waals surface area contributed by atoms with Crippen molar-refractivity contribution in [1.82, 2.24) is 5.32 Å². The largest absolute Gasteiger partial charge is 0.493 e. The van der Waals surface area contributed by atoms with Gasteiger partial charge >= 0.3 is 0 Å². The summed E-state index contributed by atoms with van der Waals surface area (Å²) in [5.74, 6) is 1.25. The van der Waals surface area contributed by atoms with Crippen molar-refractivity contribution in [3.05, 3.63) is 53.6 Å². The summed E-state index contributed by atoms with van der Waals surface area (Å²) < 4.78 is 10.5. The van der Waals surface area contributed by atoms with Crippen LogP contribution in [-0.4, -0.2) is 39.0 Å². The summed E-state index contributed by atoms with van der Waals surface area (Å²) in [7, 11) is 3.21. The van der Waals surface area contributed by atoms with Gasteiger partial charge in [-0.2, -0.15) is 0 Å². The number of Topliss-reactive ketones (excluding diaryl/α,β-unsaturated/α-hetero) is 1. The van der Waals surface area contributed by atoms with Gasteiger partial charge in [0.15, 0.2) is 17.3 Å². The molecule has 0 aliphatic carbocycles. The number of hydrogen-bond acceptors (Lipinski definition) is 5. The number of ketones is 1. The van der Waals surface area contributed by atoms with Crippen molar-refractivity contribution in [2.24, 2.45) is 0 Å². The predicted octanol–water partition coefficient (Wildman–Crippen LogP) is 2.68. The number of carbonyl (C=O) groups is 2. The molecule has 0 aliphatic heterocycles. The Bertz CT molecular complexity index is 757. The third-order valence-electron chi connectivity index (χ3n) is 3.90. The second-order valence-electron chi connectivity index (χ2n) is 5.80. The zero-order valence-electron chi connectivity index (χ0n) is 15.3. The molecule has 1 amide bonds. The Labute approximate surface area is 153 Å². The molecule has 6 nitrogen and oxygen atoms in total. The number of hydrogen-bond donors (Lipinski definition) is 2. The molecule has 0 bridgehead atoms. The Hall–Kier alpha value is -2.86. The molecule has 2 aromatic rings. The molecule has 2 rings (SSSR count). The van der Waals surface area contributed by atoms with E-state index in [0.29, 0.717) is 29.3 Å². The second-order valence-corrected chi connectivity index (χ2v) is 5.80. The van der Waals surface area contributed by atoms with Crippen molar-refractivity contribution in [2.75, 3.05) is 32.6 Å². The lowest BCUT2D eigenvalue weighted by atomic mass is 10.1. The molecule has 0 atom stereocenters. The third-order valence-corrected chi connectivity index (χ3v) is 3.90. The SMILES string of the molecule is COc1ccc(CCNCC(=O)Nc2ccc(C(C)=O)cc2)cc1OC. The second kappa shape index (κ2) is 9.58. The van der Waals surface area contributed by atoms with Gasteiger partial charge in [-0.15, -0.1) is 0 Å². The van der Waals surface area contributed by atoms with E-state index in [2.05, 4.69) is 10.6 Å². The summed E-state index contributed by atoms with van der Waals surface area (Å²) in [5.41, 5.74) is 2.38. The normalized spacial score (nSPS) is 10.3. The molecule has 26 heavy (non-hydrogen) atoms. The molecule has 0 radical (unpaired) electrons. The smallest absolute Gasteiger partial charge is 0.238 e. The number of carbonyl (C=O) groups excluding carboxylic acids is 2. The third kappa shape index (κ3) is 5.60. The average molecular weight is 356 g/mol. The Morgan fingerprint density at radius 3 is 2.27 bits per heavy atom. The van der Waals surface area contributed by atoms with Gasteiger partial charge in [0.2, 0.25) is 5.91 Å². The monoisotopic (exact) mass is 356 g/mol. The van der Waals surface area contributed by atoms with Gasteiger partial charge in [-0.25, -0.2) is 0 Å². The minimum Gasteiger partial charge on any atom is -0.493 e. The lowest BCUT2D eigenvalue weighted by Crippen LogP contribution is -2.29. The summed E-state index contributed by atoms with van der Waals surface area (Å²) in [5, 5.41) is 5.90. The standard InChI is InChI=1S/C20H24N2O4/c1-14(23)16-5-7-17(8-6-16)22-20(24)13-21-11-10-15-4-9-18(25-2)19(12-15)26-3/h4-9,12,21H,10-11,13H2,1-3H3,(H,22,24). The molecular weight excluding hydrogens is 332 g/mol. The van der Waals surface area contributed by atoms with Crippen molar-refractivity contribution in [2.45, 2.75) is 13.3 Å². The predicted molar refractivity (Wildman–Crippen MR) is 101 cm³/mol. The summed E-state index contributed by atoms with van der Waals surface area (Å²) >= 11 is 0. The van der Waals surface area contributed by atoms with Crippen LogP contribution in [0.25, 0.3) is 0 Å². The molecule has 2 aromatic carbocycles. The van der Waals surface area contributed by atoms with Crippen LogP contribution in [-0.2, 0) is 11.2 Å². The molecule has 138 valence electrons. The van der Waals surface area contributed by atoms with Crippen molar-refractivity contribution < 1.29 is 19.1 Å². The first-order valence-corrected chi connectivity index (χ1v) is 8.36. The number of benzene rings is 2. The first-order valence-electron chi connectivity index (χ1n) is 8.36. The van der Waals surface area contributed by atoms with Crippen molar-refractivity contribution in [1.29, 1.82) is 0 Å². The van der Waals surface area contributed by atoms with Gasteiger partial charge in [-0.1, -0.05) is 6.07 Å². The van der Waals surface area contributed by atoms with Gasteiger partial charge < -0.3 is 20.1 Å². The highest BCUT2D eigenvalue weighted by Gasteiger charge is 2.06. The van der Waals surface area contributed by atoms with Gasteiger partial charge in [-0.3, -0.25) is 9.59 Å². The van der Waals surface area contributed by atoms with E-state index in [9.17, 15) is 9.59 Å². The molecule has 0 saturated heterocycles. The number of anilines is 1. The maximum atomic E-state index is 11.9. The fourth-order valence-corrected chi connectivity index (χ4v) is 2.46. The van der Waals surface area contributed by atoms with Crippen LogP contribution < -0.4 is 20.1 Å². The molecule has 0 saturated carbocycles. The molecule has 0 aromatic heterocycles. The summed E-state index contributed by atoms with van der Waals surface area (Å²) in [6.07, 6.45) is 0.765. The average Bonchev–Trinajstić information content (AvgIpc) is 2.65. The van der Waals surface area contributed by atoms with E-state index in [1.165, 1.54) is 6.92 Å². The summed E-state index contributed by atoms with van der Waals surface area (Å²) in [6, 6.07) is 12.6. The van der Waals surface area contributed by atoms with Crippen LogP contribution in [0.5, 0.6) is 11.5 Å². The molecule has 0 fully saturated rings. The molecular formula is C20H24N2O4. The number of rotatable bonds is 9. The van der Waals surface area contributed by atoms with E-state index >= 15 is 0 Å². The Kier molecular flexibility index (Phi) is 7.17. The quantitative estimate of drug-likeness (QED) is 0.534. The maximum absolute atomic E-state index is 11.9. The first-order chi connectivity index (χ1) is 12.5. The topological polar surface area (TPSA) is 76.7 Å². The number of nitrogens with one attached hydrogen (secondary N) is 2. The highest BCUT2D eigenvalue weighted by Crippen LogP contribution is 2.27. The van der Waals surface area contributed by atoms with Gasteiger partial charge in [0.25, 0.3) is 0 Å². The van der Waals surface area contributed by atoms with Crippen LogP contribution in [0.2, 0.25) is 0 Å². The van der Waals surface area contributed by atoms with E-state index < -0.39 is 0 Å². The zero-order valence-corrected chi connectivity index (χ0v) is 15.3. The molecule has 0 unspecified atom stereocenters. The highest BCUT2D eigenvalue weighted by atomic mass is 16.5. The van der Waals surface area contributed by atoms with Crippen LogP contribution in [0.15, 0.2) is 42.5 Å². The first kappa shape index (κ1) is 19.5. The van der Waals surface area contributed by atoms with Gasteiger partial charge in [0.05, 0.1) is 20.8 Å².